The average Bonchev–Trinajstić information content (AvgIpc) is 2.89. The minimum atomic E-state index is 0.522. The van der Waals surface area contributed by atoms with Crippen LogP contribution in [0.15, 0.2) is 4.52 Å². The minimum absolute atomic E-state index is 0.522. The van der Waals surface area contributed by atoms with Gasteiger partial charge in [0.25, 0.3) is 0 Å². The molecule has 0 aromatic carbocycles. The fraction of sp³-hybridized carbons (Fsp3) is 0.867. The van der Waals surface area contributed by atoms with Crippen LogP contribution < -0.4 is 5.32 Å². The van der Waals surface area contributed by atoms with Gasteiger partial charge in [-0.1, -0.05) is 5.16 Å². The van der Waals surface area contributed by atoms with Crippen LogP contribution in [0.4, 0.5) is 0 Å². The predicted molar refractivity (Wildman–Crippen MR) is 69.7 cm³/mol. The van der Waals surface area contributed by atoms with Gasteiger partial charge in [0.15, 0.2) is 5.82 Å². The second kappa shape index (κ2) is 3.81. The zero-order valence-corrected chi connectivity index (χ0v) is 11.2. The Morgan fingerprint density at radius 2 is 1.74 bits per heavy atom. The maximum absolute atomic E-state index is 5.62. The summed E-state index contributed by atoms with van der Waals surface area (Å²) in [6, 6.07) is 0. The normalized spacial score (nSPS) is 44.5. The van der Waals surface area contributed by atoms with E-state index < -0.39 is 0 Å². The van der Waals surface area contributed by atoms with Crippen molar-refractivity contribution in [3.8, 4) is 0 Å². The summed E-state index contributed by atoms with van der Waals surface area (Å²) in [5.74, 6) is 6.88. The second-order valence-corrected chi connectivity index (χ2v) is 7.03. The molecule has 1 aliphatic heterocycles. The summed E-state index contributed by atoms with van der Waals surface area (Å²) in [5, 5.41) is 7.68. The van der Waals surface area contributed by atoms with Gasteiger partial charge >= 0.3 is 0 Å². The fourth-order valence-corrected chi connectivity index (χ4v) is 5.28. The minimum Gasteiger partial charge on any atom is -0.339 e. The van der Waals surface area contributed by atoms with Crippen molar-refractivity contribution in [2.45, 2.75) is 43.9 Å². The summed E-state index contributed by atoms with van der Waals surface area (Å²) in [4.78, 5) is 4.77. The largest absolute Gasteiger partial charge is 0.339 e. The molecule has 4 unspecified atom stereocenters. The van der Waals surface area contributed by atoms with E-state index in [1.165, 1.54) is 19.3 Å². The molecule has 4 aliphatic rings. The number of hydrogen-bond acceptors (Lipinski definition) is 4. The summed E-state index contributed by atoms with van der Waals surface area (Å²) >= 11 is 0. The van der Waals surface area contributed by atoms with Gasteiger partial charge in [0.2, 0.25) is 5.89 Å². The number of nitrogens with one attached hydrogen (secondary N) is 1. The molecule has 2 heterocycles. The van der Waals surface area contributed by atoms with Gasteiger partial charge in [-0.3, -0.25) is 0 Å². The van der Waals surface area contributed by atoms with E-state index in [2.05, 4.69) is 10.5 Å². The molecule has 1 aromatic heterocycles. The molecule has 1 saturated heterocycles. The van der Waals surface area contributed by atoms with Gasteiger partial charge in [0.1, 0.15) is 0 Å². The van der Waals surface area contributed by atoms with Gasteiger partial charge in [-0.2, -0.15) is 4.98 Å². The SMILES string of the molecule is C1CC(c2noc(C3C4C5CCC(C5)C34)n2)CCN1. The Labute approximate surface area is 113 Å². The number of fused-ring (bicyclic) bond motifs is 5. The van der Waals surface area contributed by atoms with Crippen LogP contribution in [0.5, 0.6) is 0 Å². The van der Waals surface area contributed by atoms with E-state index in [1.807, 2.05) is 0 Å². The maximum atomic E-state index is 5.62. The molecule has 4 nitrogen and oxygen atoms in total. The molecular weight excluding hydrogens is 238 g/mol. The Morgan fingerprint density at radius 3 is 2.47 bits per heavy atom. The van der Waals surface area contributed by atoms with Gasteiger partial charge in [0, 0.05) is 11.8 Å². The molecule has 102 valence electrons. The van der Waals surface area contributed by atoms with Crippen LogP contribution in [0, 0.1) is 23.7 Å². The van der Waals surface area contributed by atoms with Crippen molar-refractivity contribution >= 4 is 0 Å². The number of nitrogens with zero attached hydrogens (tertiary/aromatic N) is 2. The quantitative estimate of drug-likeness (QED) is 0.885. The highest BCUT2D eigenvalue weighted by molar-refractivity contribution is 5.23. The number of hydrogen-bond donors (Lipinski definition) is 1. The average molecular weight is 259 g/mol. The summed E-state index contributed by atoms with van der Waals surface area (Å²) in [5.41, 5.74) is 0. The Balaban J connectivity index is 1.36. The van der Waals surface area contributed by atoms with Gasteiger partial charge in [0.05, 0.1) is 0 Å². The van der Waals surface area contributed by atoms with Crippen LogP contribution >= 0.6 is 0 Å². The zero-order chi connectivity index (χ0) is 12.4. The summed E-state index contributed by atoms with van der Waals surface area (Å²) in [6.07, 6.45) is 6.71. The molecule has 1 aromatic rings. The summed E-state index contributed by atoms with van der Waals surface area (Å²) in [7, 11) is 0. The van der Waals surface area contributed by atoms with E-state index in [0.717, 1.165) is 61.3 Å². The summed E-state index contributed by atoms with van der Waals surface area (Å²) in [6.45, 7) is 2.18. The highest BCUT2D eigenvalue weighted by atomic mass is 16.5. The molecule has 1 N–H and O–H groups in total. The monoisotopic (exact) mass is 259 g/mol. The van der Waals surface area contributed by atoms with Gasteiger partial charge in [-0.15, -0.1) is 0 Å². The smallest absolute Gasteiger partial charge is 0.230 e. The molecule has 5 rings (SSSR count). The fourth-order valence-electron chi connectivity index (χ4n) is 5.28. The van der Waals surface area contributed by atoms with Crippen LogP contribution in [0.1, 0.15) is 55.7 Å². The molecule has 3 aliphatic carbocycles. The van der Waals surface area contributed by atoms with Gasteiger partial charge in [-0.05, 0) is 68.9 Å². The van der Waals surface area contributed by atoms with Crippen LogP contribution in [0.2, 0.25) is 0 Å². The Bertz CT molecular complexity index is 477. The first-order valence-electron chi connectivity index (χ1n) is 7.96. The second-order valence-electron chi connectivity index (χ2n) is 7.03. The molecule has 4 atom stereocenters. The Hall–Kier alpha value is -0.900. The first kappa shape index (κ1) is 10.8. The third-order valence-corrected chi connectivity index (χ3v) is 6.18. The molecular formula is C15H21N3O. The predicted octanol–water partition coefficient (Wildman–Crippen LogP) is 2.30. The standard InChI is InChI=1S/C15H21N3O/c1-2-10-7-9(1)11-12(10)13(11)15-17-14(18-19-15)8-3-5-16-6-4-8/h8-13,16H,1-7H2. The molecule has 4 heteroatoms. The van der Waals surface area contributed by atoms with Crippen molar-refractivity contribution < 1.29 is 4.52 Å². The lowest BCUT2D eigenvalue weighted by molar-refractivity contribution is 0.345. The number of piperidine rings is 1. The number of aromatic nitrogens is 2. The van der Waals surface area contributed by atoms with E-state index in [1.54, 1.807) is 0 Å². The molecule has 0 amide bonds. The van der Waals surface area contributed by atoms with E-state index in [9.17, 15) is 0 Å². The van der Waals surface area contributed by atoms with E-state index in [4.69, 9.17) is 9.51 Å². The van der Waals surface area contributed by atoms with E-state index in [-0.39, 0.29) is 0 Å². The first-order valence-corrected chi connectivity index (χ1v) is 7.96. The van der Waals surface area contributed by atoms with Crippen LogP contribution in [0.25, 0.3) is 0 Å². The van der Waals surface area contributed by atoms with Crippen molar-refractivity contribution in [3.63, 3.8) is 0 Å². The van der Waals surface area contributed by atoms with Crippen LogP contribution in [-0.4, -0.2) is 23.2 Å². The molecule has 4 fully saturated rings. The zero-order valence-electron chi connectivity index (χ0n) is 11.2. The summed E-state index contributed by atoms with van der Waals surface area (Å²) < 4.78 is 5.62. The van der Waals surface area contributed by atoms with E-state index >= 15 is 0 Å². The highest BCUT2D eigenvalue weighted by Crippen LogP contribution is 2.72. The van der Waals surface area contributed by atoms with Crippen molar-refractivity contribution in [2.75, 3.05) is 13.1 Å². The lowest BCUT2D eigenvalue weighted by Gasteiger charge is -2.18. The van der Waals surface area contributed by atoms with Crippen LogP contribution in [-0.2, 0) is 0 Å². The molecule has 19 heavy (non-hydrogen) atoms. The number of rotatable bonds is 2. The maximum Gasteiger partial charge on any atom is 0.230 e. The van der Waals surface area contributed by atoms with Crippen molar-refractivity contribution in [3.05, 3.63) is 11.7 Å². The molecule has 0 spiro atoms. The third kappa shape index (κ3) is 1.49. The van der Waals surface area contributed by atoms with E-state index in [0.29, 0.717) is 11.8 Å². The highest BCUT2D eigenvalue weighted by Gasteiger charge is 2.67. The molecule has 0 radical (unpaired) electrons. The Morgan fingerprint density at radius 1 is 1.00 bits per heavy atom. The first-order chi connectivity index (χ1) is 9.42. The Kier molecular flexibility index (Phi) is 2.17. The van der Waals surface area contributed by atoms with Crippen molar-refractivity contribution in [1.82, 2.24) is 15.5 Å². The topological polar surface area (TPSA) is 51.0 Å². The lowest BCUT2D eigenvalue weighted by Crippen LogP contribution is -2.27. The van der Waals surface area contributed by atoms with Crippen molar-refractivity contribution in [1.29, 1.82) is 0 Å². The lowest BCUT2D eigenvalue weighted by atomic mass is 9.97. The molecule has 2 bridgehead atoms. The molecule has 3 saturated carbocycles. The van der Waals surface area contributed by atoms with Crippen molar-refractivity contribution in [2.24, 2.45) is 23.7 Å². The van der Waals surface area contributed by atoms with Gasteiger partial charge < -0.3 is 9.84 Å². The van der Waals surface area contributed by atoms with Gasteiger partial charge in [-0.25, -0.2) is 0 Å². The third-order valence-electron chi connectivity index (χ3n) is 6.18. The van der Waals surface area contributed by atoms with Crippen LogP contribution in [0.3, 0.4) is 0 Å².